The van der Waals surface area contributed by atoms with Gasteiger partial charge in [0.05, 0.1) is 0 Å². The van der Waals surface area contributed by atoms with Crippen LogP contribution in [0.15, 0.2) is 18.2 Å². The maximum absolute atomic E-state index is 13.0. The second-order valence-electron chi connectivity index (χ2n) is 7.68. The molecule has 0 aliphatic heterocycles. The fourth-order valence-corrected chi connectivity index (χ4v) is 4.07. The fraction of sp³-hybridized carbons (Fsp3) is 0.550. The number of aromatic nitrogens is 1. The van der Waals surface area contributed by atoms with E-state index in [1.54, 1.807) is 0 Å². The molecule has 120 valence electrons. The van der Waals surface area contributed by atoms with Crippen molar-refractivity contribution in [3.63, 3.8) is 0 Å². The third-order valence-corrected chi connectivity index (χ3v) is 5.75. The van der Waals surface area contributed by atoms with E-state index in [4.69, 9.17) is 0 Å². The number of benzene rings is 1. The average molecular weight is 308 g/mol. The Balaban J connectivity index is 1.50. The molecule has 1 aromatic carbocycles. The molecule has 2 aromatic rings. The zero-order chi connectivity index (χ0) is 15.4. The third-order valence-electron chi connectivity index (χ3n) is 5.75. The molecule has 1 aromatic heterocycles. The molecular weight excluding hydrogens is 284 g/mol. The summed E-state index contributed by atoms with van der Waals surface area (Å²) in [5.41, 5.74) is 4.94. The van der Waals surface area contributed by atoms with Crippen LogP contribution in [0.5, 0.6) is 0 Å². The van der Waals surface area contributed by atoms with E-state index < -0.39 is 0 Å². The first kappa shape index (κ1) is 13.6. The van der Waals surface area contributed by atoms with Crippen LogP contribution in [0.2, 0.25) is 0 Å². The van der Waals surface area contributed by atoms with Crippen molar-refractivity contribution < 1.29 is 4.79 Å². The summed E-state index contributed by atoms with van der Waals surface area (Å²) in [6.07, 6.45) is 9.86. The Morgan fingerprint density at radius 1 is 1.13 bits per heavy atom. The Kier molecular flexibility index (Phi) is 3.04. The molecule has 0 atom stereocenters. The van der Waals surface area contributed by atoms with E-state index in [1.165, 1.54) is 60.7 Å². The van der Waals surface area contributed by atoms with Crippen LogP contribution < -0.4 is 0 Å². The molecule has 23 heavy (non-hydrogen) atoms. The summed E-state index contributed by atoms with van der Waals surface area (Å²) in [6.45, 7) is 0.979. The van der Waals surface area contributed by atoms with E-state index in [2.05, 4.69) is 22.0 Å². The molecule has 3 heteroatoms. The van der Waals surface area contributed by atoms with Gasteiger partial charge in [0, 0.05) is 34.7 Å². The molecule has 2 fully saturated rings. The van der Waals surface area contributed by atoms with Crippen LogP contribution in [0, 0.1) is 5.92 Å². The molecule has 0 bridgehead atoms. The lowest BCUT2D eigenvalue weighted by molar-refractivity contribution is 0.0735. The Labute approximate surface area is 137 Å². The predicted octanol–water partition coefficient (Wildman–Crippen LogP) is 4.06. The smallest absolute Gasteiger partial charge is 0.254 e. The second kappa shape index (κ2) is 5.12. The number of nitrogens with zero attached hydrogens (tertiary/aromatic N) is 1. The summed E-state index contributed by atoms with van der Waals surface area (Å²) in [7, 11) is 0. The van der Waals surface area contributed by atoms with Crippen LogP contribution in [-0.2, 0) is 12.8 Å². The van der Waals surface area contributed by atoms with Gasteiger partial charge in [0.15, 0.2) is 0 Å². The van der Waals surface area contributed by atoms with Crippen LogP contribution in [0.1, 0.15) is 60.1 Å². The van der Waals surface area contributed by atoms with Gasteiger partial charge >= 0.3 is 0 Å². The standard InChI is InChI=1S/C20H24N2O/c23-20(22(15-8-9-15)12-13-5-6-13)14-7-10-19-17(11-14)16-3-1-2-4-18(16)21-19/h7,10-11,13,15,21H,1-6,8-9,12H2. The quantitative estimate of drug-likeness (QED) is 0.908. The van der Waals surface area contributed by atoms with E-state index in [9.17, 15) is 4.79 Å². The van der Waals surface area contributed by atoms with E-state index in [1.807, 2.05) is 6.07 Å². The third kappa shape index (κ3) is 2.46. The Hall–Kier alpha value is -1.77. The number of hydrogen-bond acceptors (Lipinski definition) is 1. The SMILES string of the molecule is O=C(c1ccc2[nH]c3c(c2c1)CCCC3)N(CC1CC1)C1CC1. The van der Waals surface area contributed by atoms with Gasteiger partial charge in [-0.25, -0.2) is 0 Å². The second-order valence-corrected chi connectivity index (χ2v) is 7.68. The maximum Gasteiger partial charge on any atom is 0.254 e. The van der Waals surface area contributed by atoms with Crippen molar-refractivity contribution in [2.45, 2.75) is 57.4 Å². The maximum atomic E-state index is 13.0. The van der Waals surface area contributed by atoms with Gasteiger partial charge < -0.3 is 9.88 Å². The van der Waals surface area contributed by atoms with Gasteiger partial charge in [0.2, 0.25) is 0 Å². The molecule has 3 nitrogen and oxygen atoms in total. The van der Waals surface area contributed by atoms with Crippen LogP contribution in [-0.4, -0.2) is 28.4 Å². The van der Waals surface area contributed by atoms with E-state index >= 15 is 0 Å². The minimum atomic E-state index is 0.257. The normalized spacial score (nSPS) is 20.5. The first-order valence-corrected chi connectivity index (χ1v) is 9.24. The van der Waals surface area contributed by atoms with E-state index in [-0.39, 0.29) is 5.91 Å². The number of carbonyl (C=O) groups excluding carboxylic acids is 1. The monoisotopic (exact) mass is 308 g/mol. The lowest BCUT2D eigenvalue weighted by Crippen LogP contribution is -2.34. The Bertz CT molecular complexity index is 767. The number of hydrogen-bond donors (Lipinski definition) is 1. The lowest BCUT2D eigenvalue weighted by Gasteiger charge is -2.22. The van der Waals surface area contributed by atoms with Gasteiger partial charge in [0.25, 0.3) is 5.91 Å². The number of carbonyl (C=O) groups is 1. The summed E-state index contributed by atoms with van der Waals surface area (Å²) < 4.78 is 0. The minimum Gasteiger partial charge on any atom is -0.358 e. The van der Waals surface area contributed by atoms with E-state index in [0.29, 0.717) is 6.04 Å². The highest BCUT2D eigenvalue weighted by Gasteiger charge is 2.37. The highest BCUT2D eigenvalue weighted by Crippen LogP contribution is 2.36. The van der Waals surface area contributed by atoms with Crippen molar-refractivity contribution in [2.24, 2.45) is 5.92 Å². The summed E-state index contributed by atoms with van der Waals surface area (Å²) in [5, 5.41) is 1.28. The van der Waals surface area contributed by atoms with Gasteiger partial charge in [-0.2, -0.15) is 0 Å². The molecule has 0 radical (unpaired) electrons. The zero-order valence-corrected chi connectivity index (χ0v) is 13.6. The number of aromatic amines is 1. The average Bonchev–Trinajstić information content (AvgIpc) is 3.48. The van der Waals surface area contributed by atoms with Crippen LogP contribution >= 0.6 is 0 Å². The summed E-state index contributed by atoms with van der Waals surface area (Å²) in [6, 6.07) is 6.80. The molecule has 2 saturated carbocycles. The van der Waals surface area contributed by atoms with Gasteiger partial charge in [-0.3, -0.25) is 4.79 Å². The molecule has 0 unspecified atom stereocenters. The molecule has 1 amide bonds. The number of aryl methyl sites for hydroxylation is 2. The molecule has 1 N–H and O–H groups in total. The van der Waals surface area contributed by atoms with Crippen LogP contribution in [0.25, 0.3) is 10.9 Å². The highest BCUT2D eigenvalue weighted by atomic mass is 16.2. The molecule has 1 heterocycles. The van der Waals surface area contributed by atoms with Crippen molar-refractivity contribution in [1.82, 2.24) is 9.88 Å². The van der Waals surface area contributed by atoms with Gasteiger partial charge in [0.1, 0.15) is 0 Å². The molecule has 0 saturated heterocycles. The highest BCUT2D eigenvalue weighted by molar-refractivity contribution is 5.99. The van der Waals surface area contributed by atoms with Crippen LogP contribution in [0.3, 0.4) is 0 Å². The molecule has 0 spiro atoms. The number of fused-ring (bicyclic) bond motifs is 3. The van der Waals surface area contributed by atoms with Crippen molar-refractivity contribution in [1.29, 1.82) is 0 Å². The fourth-order valence-electron chi connectivity index (χ4n) is 4.07. The van der Waals surface area contributed by atoms with Crippen molar-refractivity contribution in [2.75, 3.05) is 6.54 Å². The van der Waals surface area contributed by atoms with E-state index in [0.717, 1.165) is 30.9 Å². The van der Waals surface area contributed by atoms with Crippen LogP contribution in [0.4, 0.5) is 0 Å². The van der Waals surface area contributed by atoms with Gasteiger partial charge in [-0.05, 0) is 81.0 Å². The van der Waals surface area contributed by atoms with Crippen molar-refractivity contribution in [3.05, 3.63) is 35.0 Å². The summed E-state index contributed by atoms with van der Waals surface area (Å²) in [4.78, 5) is 18.8. The Morgan fingerprint density at radius 3 is 2.74 bits per heavy atom. The first-order valence-electron chi connectivity index (χ1n) is 9.24. The molecule has 3 aliphatic rings. The van der Waals surface area contributed by atoms with Gasteiger partial charge in [-0.15, -0.1) is 0 Å². The summed E-state index contributed by atoms with van der Waals surface area (Å²) >= 11 is 0. The Morgan fingerprint density at radius 2 is 1.96 bits per heavy atom. The van der Waals surface area contributed by atoms with Crippen molar-refractivity contribution >= 4 is 16.8 Å². The molecular formula is C20H24N2O. The number of rotatable bonds is 4. The first-order chi connectivity index (χ1) is 11.3. The predicted molar refractivity (Wildman–Crippen MR) is 91.7 cm³/mol. The number of H-pyrrole nitrogens is 1. The largest absolute Gasteiger partial charge is 0.358 e. The van der Waals surface area contributed by atoms with Crippen molar-refractivity contribution in [3.8, 4) is 0 Å². The van der Waals surface area contributed by atoms with Gasteiger partial charge in [-0.1, -0.05) is 0 Å². The molecule has 3 aliphatic carbocycles. The zero-order valence-electron chi connectivity index (χ0n) is 13.6. The topological polar surface area (TPSA) is 36.1 Å². The molecule has 5 rings (SSSR count). The number of amides is 1. The summed E-state index contributed by atoms with van der Waals surface area (Å²) in [5.74, 6) is 1.02. The lowest BCUT2D eigenvalue weighted by atomic mass is 9.95. The number of nitrogens with one attached hydrogen (secondary N) is 1. The minimum absolute atomic E-state index is 0.257.